The molecule has 35 heavy (non-hydrogen) atoms. The van der Waals surface area contributed by atoms with Gasteiger partial charge in [-0.15, -0.1) is 12.5 Å². The fraction of sp³-hybridized carbons (Fsp3) is 0.448. The van der Waals surface area contributed by atoms with Crippen molar-refractivity contribution in [3.8, 4) is 11.8 Å². The molecule has 2 rings (SSSR count). The number of allylic oxidation sites excluding steroid dienone is 7. The molecule has 1 aromatic carbocycles. The molecule has 2 atom stereocenters. The van der Waals surface area contributed by atoms with E-state index in [-0.39, 0.29) is 78.7 Å². The summed E-state index contributed by atoms with van der Waals surface area (Å²) in [6, 6.07) is 10.1. The molecule has 0 amide bonds. The summed E-state index contributed by atoms with van der Waals surface area (Å²) in [7, 11) is 1.46. The van der Waals surface area contributed by atoms with Crippen molar-refractivity contribution in [1.29, 1.82) is 0 Å². The van der Waals surface area contributed by atoms with E-state index in [9.17, 15) is 5.11 Å². The summed E-state index contributed by atoms with van der Waals surface area (Å²) in [5.74, 6) is 5.51. The van der Waals surface area contributed by atoms with Gasteiger partial charge in [-0.25, -0.2) is 0 Å². The van der Waals surface area contributed by atoms with Crippen molar-refractivity contribution < 1.29 is 70.9 Å². The van der Waals surface area contributed by atoms with Gasteiger partial charge in [0.1, 0.15) is 0 Å². The van der Waals surface area contributed by atoms with Gasteiger partial charge in [-0.3, -0.25) is 0 Å². The summed E-state index contributed by atoms with van der Waals surface area (Å²) in [6.07, 6.45) is 15.4. The third kappa shape index (κ3) is 20.4. The number of ether oxygens (including phenoxy) is 1. The first-order chi connectivity index (χ1) is 16.6. The fourth-order valence-electron chi connectivity index (χ4n) is 2.86. The molecular weight excluding hydrogens is 482 g/mol. The standard InChI is InChI=1S/C13H17O.C8H15O2P.C8H10O.K/c1-4-7-10-12(8-5-2)13(11-14)9-6-3;1-8-2-6-11(7-3-8)10-5-4-9;1-9-7-8-5-3-2-4-6-8;/h4-5,7-8,10,13H,11H2,1-3H3;2,9H,3-7H2,1H3;2-6H,7H2,1H3;/q-1;;;+1/b7-4-,8-5-,12-10+;;;. The minimum Gasteiger partial charge on any atom is -0.853 e. The van der Waals surface area contributed by atoms with Gasteiger partial charge < -0.3 is 19.5 Å². The maximum atomic E-state index is 10.9. The predicted octanol–water partition coefficient (Wildman–Crippen LogP) is 2.64. The van der Waals surface area contributed by atoms with Crippen molar-refractivity contribution in [2.24, 2.45) is 5.92 Å². The predicted molar refractivity (Wildman–Crippen MR) is 145 cm³/mol. The Kier molecular flexibility index (Phi) is 28.1. The maximum Gasteiger partial charge on any atom is 1.00 e. The van der Waals surface area contributed by atoms with Crippen LogP contribution < -0.4 is 56.5 Å². The SMILES string of the molecule is CC#CC(C[O-])C(/C=C\C)=C/C=C\C.CC1=CCP(OCCO)CC1.COCc1ccccc1.[K+]. The molecule has 1 aliphatic rings. The van der Waals surface area contributed by atoms with E-state index in [1.807, 2.05) is 74.6 Å². The first-order valence-corrected chi connectivity index (χ1v) is 13.3. The minimum absolute atomic E-state index is 0. The molecule has 1 aliphatic heterocycles. The van der Waals surface area contributed by atoms with E-state index in [0.717, 1.165) is 11.7 Å². The second-order valence-electron chi connectivity index (χ2n) is 7.47. The number of methoxy groups -OCH3 is 1. The van der Waals surface area contributed by atoms with Gasteiger partial charge in [-0.1, -0.05) is 78.3 Å². The largest absolute Gasteiger partial charge is 1.00 e. The third-order valence-electron chi connectivity index (χ3n) is 4.65. The fourth-order valence-corrected chi connectivity index (χ4v) is 4.74. The smallest absolute Gasteiger partial charge is 0.853 e. The van der Waals surface area contributed by atoms with Gasteiger partial charge in [0, 0.05) is 27.3 Å². The molecule has 0 saturated heterocycles. The topological polar surface area (TPSA) is 61.8 Å². The summed E-state index contributed by atoms with van der Waals surface area (Å²) < 4.78 is 10.4. The van der Waals surface area contributed by atoms with Crippen LogP contribution >= 0.6 is 8.15 Å². The second kappa shape index (κ2) is 26.7. The summed E-state index contributed by atoms with van der Waals surface area (Å²) >= 11 is 0. The van der Waals surface area contributed by atoms with E-state index in [1.54, 1.807) is 14.0 Å². The summed E-state index contributed by atoms with van der Waals surface area (Å²) in [5, 5.41) is 19.4. The molecule has 0 spiro atoms. The summed E-state index contributed by atoms with van der Waals surface area (Å²) in [4.78, 5) is 0. The first kappa shape index (κ1) is 36.8. The van der Waals surface area contributed by atoms with E-state index < -0.39 is 0 Å². The van der Waals surface area contributed by atoms with Crippen LogP contribution in [0.3, 0.4) is 0 Å². The van der Waals surface area contributed by atoms with Gasteiger partial charge in [0.2, 0.25) is 0 Å². The van der Waals surface area contributed by atoms with Gasteiger partial charge in [-0.2, -0.15) is 0 Å². The van der Waals surface area contributed by atoms with Gasteiger partial charge in [0.15, 0.2) is 0 Å². The van der Waals surface area contributed by atoms with Gasteiger partial charge in [0.05, 0.1) is 19.8 Å². The van der Waals surface area contributed by atoms with Gasteiger partial charge >= 0.3 is 51.4 Å². The number of aliphatic hydroxyl groups is 1. The first-order valence-electron chi connectivity index (χ1n) is 11.7. The molecule has 188 valence electrons. The molecule has 0 aromatic heterocycles. The van der Waals surface area contributed by atoms with Crippen LogP contribution in [0.15, 0.2) is 77.9 Å². The molecule has 2 unspecified atom stereocenters. The Balaban J connectivity index is 0. The van der Waals surface area contributed by atoms with Crippen molar-refractivity contribution in [1.82, 2.24) is 0 Å². The molecule has 0 fully saturated rings. The number of aliphatic hydroxyl groups excluding tert-OH is 1. The average Bonchev–Trinajstić information content (AvgIpc) is 2.86. The van der Waals surface area contributed by atoms with E-state index in [2.05, 4.69) is 24.8 Å². The van der Waals surface area contributed by atoms with Crippen molar-refractivity contribution in [3.63, 3.8) is 0 Å². The van der Waals surface area contributed by atoms with Crippen molar-refractivity contribution in [2.75, 3.05) is 39.3 Å². The summed E-state index contributed by atoms with van der Waals surface area (Å²) in [5.41, 5.74) is 3.69. The van der Waals surface area contributed by atoms with Crippen LogP contribution in [-0.4, -0.2) is 44.4 Å². The van der Waals surface area contributed by atoms with E-state index in [0.29, 0.717) is 13.2 Å². The molecular formula is C29H42KO4P. The third-order valence-corrected chi connectivity index (χ3v) is 6.51. The molecule has 1 heterocycles. The molecule has 4 nitrogen and oxygen atoms in total. The Bertz CT molecular complexity index is 807. The van der Waals surface area contributed by atoms with Crippen LogP contribution in [0, 0.1) is 17.8 Å². The van der Waals surface area contributed by atoms with Crippen molar-refractivity contribution in [2.45, 2.75) is 40.7 Å². The van der Waals surface area contributed by atoms with Gasteiger partial charge in [-0.05, 0) is 51.4 Å². The van der Waals surface area contributed by atoms with Crippen LogP contribution in [0.25, 0.3) is 0 Å². The van der Waals surface area contributed by atoms with E-state index in [1.165, 1.54) is 23.7 Å². The number of rotatable bonds is 9. The van der Waals surface area contributed by atoms with Crippen LogP contribution in [0.1, 0.15) is 39.7 Å². The zero-order valence-corrected chi connectivity index (χ0v) is 26.5. The van der Waals surface area contributed by atoms with Crippen LogP contribution in [-0.2, 0) is 15.9 Å². The quantitative estimate of drug-likeness (QED) is 0.177. The number of benzene rings is 1. The van der Waals surface area contributed by atoms with Gasteiger partial charge in [0.25, 0.3) is 0 Å². The molecule has 1 aromatic rings. The number of hydrogen-bond donors (Lipinski definition) is 1. The Morgan fingerprint density at radius 3 is 2.43 bits per heavy atom. The monoisotopic (exact) mass is 524 g/mol. The average molecular weight is 525 g/mol. The van der Waals surface area contributed by atoms with E-state index >= 15 is 0 Å². The number of hydrogen-bond acceptors (Lipinski definition) is 4. The Hall–Kier alpha value is -0.354. The van der Waals surface area contributed by atoms with Crippen molar-refractivity contribution >= 4 is 8.15 Å². The normalized spacial score (nSPS) is 16.0. The Morgan fingerprint density at radius 1 is 1.23 bits per heavy atom. The minimum atomic E-state index is -0.241. The molecule has 0 radical (unpaired) electrons. The molecule has 0 aliphatic carbocycles. The van der Waals surface area contributed by atoms with E-state index in [4.69, 9.17) is 14.4 Å². The second-order valence-corrected chi connectivity index (χ2v) is 9.50. The van der Waals surface area contributed by atoms with Crippen LogP contribution in [0.2, 0.25) is 0 Å². The Labute approximate surface area is 257 Å². The zero-order chi connectivity index (χ0) is 25.4. The molecule has 0 saturated carbocycles. The molecule has 6 heteroatoms. The van der Waals surface area contributed by atoms with Crippen LogP contribution in [0.4, 0.5) is 0 Å². The maximum absolute atomic E-state index is 10.9. The summed E-state index contributed by atoms with van der Waals surface area (Å²) in [6.45, 7) is 8.99. The van der Waals surface area contributed by atoms with Crippen molar-refractivity contribution in [3.05, 3.63) is 83.5 Å². The zero-order valence-electron chi connectivity index (χ0n) is 22.5. The molecule has 0 bridgehead atoms. The van der Waals surface area contributed by atoms with Crippen LogP contribution in [0.5, 0.6) is 0 Å². The Morgan fingerprint density at radius 2 is 1.94 bits per heavy atom. The molecule has 1 N–H and O–H groups in total.